The molecule has 0 aromatic carbocycles. The highest BCUT2D eigenvalue weighted by Gasteiger charge is 2.67. The molecule has 0 unspecified atom stereocenters. The third kappa shape index (κ3) is 2.47. The summed E-state index contributed by atoms with van der Waals surface area (Å²) in [5.41, 5.74) is 4.37. The van der Waals surface area contributed by atoms with E-state index in [1.807, 2.05) is 6.20 Å². The van der Waals surface area contributed by atoms with Crippen molar-refractivity contribution in [3.8, 4) is 0 Å². The fraction of sp³-hybridized carbons (Fsp3) is 0.741. The maximum atomic E-state index is 4.45. The number of nitrogens with one attached hydrogen (secondary N) is 1. The zero-order valence-electron chi connectivity index (χ0n) is 19.2. The van der Waals surface area contributed by atoms with Crippen molar-refractivity contribution in [3.63, 3.8) is 0 Å². The molecule has 2 nitrogen and oxygen atoms in total. The first-order valence-electron chi connectivity index (χ1n) is 12.1. The van der Waals surface area contributed by atoms with Gasteiger partial charge in [-0.05, 0) is 95.8 Å². The monoisotopic (exact) mass is 392 g/mol. The van der Waals surface area contributed by atoms with Crippen molar-refractivity contribution in [2.24, 2.45) is 33.5 Å². The van der Waals surface area contributed by atoms with Crippen molar-refractivity contribution in [2.45, 2.75) is 85.6 Å². The van der Waals surface area contributed by atoms with Crippen LogP contribution in [0.3, 0.4) is 0 Å². The van der Waals surface area contributed by atoms with Crippen molar-refractivity contribution in [1.29, 1.82) is 0 Å². The van der Waals surface area contributed by atoms with Crippen molar-refractivity contribution >= 4 is 5.57 Å². The standard InChI is InChI=1S/C27H40N2/c1-19-8-11-27(5)23(17-19)29-16-10-22-25(3)12-9-21(20-7-6-15-28-18-20)24(25,2)13-14-26(22,27)4/h6-7,9,15,18-19,22-23,29H,8,10-14,16-17H2,1-5H3/t19-,22-,23-,24+,25-,26-,27-/m0/s1. The van der Waals surface area contributed by atoms with Crippen LogP contribution in [0, 0.1) is 33.5 Å². The molecule has 1 aromatic heterocycles. The summed E-state index contributed by atoms with van der Waals surface area (Å²) in [7, 11) is 0. The van der Waals surface area contributed by atoms with Crippen LogP contribution in [-0.4, -0.2) is 17.6 Å². The minimum absolute atomic E-state index is 0.262. The average Bonchev–Trinajstić information content (AvgIpc) is 2.92. The van der Waals surface area contributed by atoms with Gasteiger partial charge in [0.15, 0.2) is 0 Å². The predicted molar refractivity (Wildman–Crippen MR) is 121 cm³/mol. The molecule has 7 atom stereocenters. The van der Waals surface area contributed by atoms with E-state index < -0.39 is 0 Å². The quantitative estimate of drug-likeness (QED) is 0.591. The molecule has 4 aliphatic rings. The van der Waals surface area contributed by atoms with Gasteiger partial charge in [-0.15, -0.1) is 0 Å². The zero-order chi connectivity index (χ0) is 20.5. The minimum Gasteiger partial charge on any atom is -0.313 e. The lowest BCUT2D eigenvalue weighted by Gasteiger charge is -2.66. The van der Waals surface area contributed by atoms with Crippen LogP contribution in [-0.2, 0) is 0 Å². The fourth-order valence-corrected chi connectivity index (χ4v) is 8.58. The van der Waals surface area contributed by atoms with Crippen LogP contribution in [0.2, 0.25) is 0 Å². The number of hydrogen-bond acceptors (Lipinski definition) is 2. The van der Waals surface area contributed by atoms with E-state index in [0.29, 0.717) is 22.3 Å². The van der Waals surface area contributed by atoms with Crippen LogP contribution in [0.4, 0.5) is 0 Å². The molecule has 1 N–H and O–H groups in total. The Labute approximate surface area is 178 Å². The third-order valence-corrected chi connectivity index (χ3v) is 10.9. The SMILES string of the molecule is C[C@H]1CC[C@@]2(C)[C@H](C1)NCC[C@@H]1[C@]2(C)CC[C@]2(C)C(c3cccnc3)=CC[C@@]12C. The van der Waals surface area contributed by atoms with E-state index in [4.69, 9.17) is 0 Å². The van der Waals surface area contributed by atoms with Gasteiger partial charge in [-0.2, -0.15) is 0 Å². The highest BCUT2D eigenvalue weighted by Crippen LogP contribution is 2.74. The minimum atomic E-state index is 0.262. The molecule has 3 aliphatic carbocycles. The predicted octanol–water partition coefficient (Wildman–Crippen LogP) is 6.49. The van der Waals surface area contributed by atoms with Crippen LogP contribution >= 0.6 is 0 Å². The Hall–Kier alpha value is -1.15. The van der Waals surface area contributed by atoms with Crippen LogP contribution in [0.15, 0.2) is 30.6 Å². The van der Waals surface area contributed by atoms with E-state index >= 15 is 0 Å². The molecular weight excluding hydrogens is 352 g/mol. The topological polar surface area (TPSA) is 24.9 Å². The van der Waals surface area contributed by atoms with E-state index in [9.17, 15) is 0 Å². The lowest BCUT2D eigenvalue weighted by atomic mass is 9.38. The van der Waals surface area contributed by atoms with Crippen LogP contribution < -0.4 is 5.32 Å². The van der Waals surface area contributed by atoms with Gasteiger partial charge in [0.25, 0.3) is 0 Å². The molecule has 29 heavy (non-hydrogen) atoms. The van der Waals surface area contributed by atoms with Gasteiger partial charge in [0, 0.05) is 18.4 Å². The summed E-state index contributed by atoms with van der Waals surface area (Å²) >= 11 is 0. The maximum absolute atomic E-state index is 4.45. The maximum Gasteiger partial charge on any atom is 0.0343 e. The van der Waals surface area contributed by atoms with Crippen molar-refractivity contribution in [1.82, 2.24) is 10.3 Å². The van der Waals surface area contributed by atoms with Gasteiger partial charge in [0.05, 0.1) is 0 Å². The van der Waals surface area contributed by atoms with Gasteiger partial charge in [-0.1, -0.05) is 53.2 Å². The first-order chi connectivity index (χ1) is 13.7. The van der Waals surface area contributed by atoms with Crippen LogP contribution in [0.1, 0.15) is 85.1 Å². The summed E-state index contributed by atoms with van der Waals surface area (Å²) in [6.45, 7) is 14.2. The van der Waals surface area contributed by atoms with Crippen LogP contribution in [0.5, 0.6) is 0 Å². The molecule has 158 valence electrons. The Kier molecular flexibility index (Phi) is 4.38. The Morgan fingerprint density at radius 3 is 2.59 bits per heavy atom. The highest BCUT2D eigenvalue weighted by atomic mass is 15.0. The largest absolute Gasteiger partial charge is 0.313 e. The molecule has 5 rings (SSSR count). The third-order valence-electron chi connectivity index (χ3n) is 10.9. The molecule has 0 spiro atoms. The smallest absolute Gasteiger partial charge is 0.0343 e. The second-order valence-electron chi connectivity index (χ2n) is 11.9. The molecule has 1 aromatic rings. The van der Waals surface area contributed by atoms with Crippen molar-refractivity contribution in [3.05, 3.63) is 36.2 Å². The Balaban J connectivity index is 1.56. The molecule has 0 radical (unpaired) electrons. The Morgan fingerprint density at radius 2 is 1.83 bits per heavy atom. The van der Waals surface area contributed by atoms with Gasteiger partial charge in [-0.25, -0.2) is 0 Å². The van der Waals surface area contributed by atoms with Gasteiger partial charge >= 0.3 is 0 Å². The van der Waals surface area contributed by atoms with E-state index in [-0.39, 0.29) is 5.41 Å². The molecular formula is C27H40N2. The summed E-state index contributed by atoms with van der Waals surface area (Å²) in [4.78, 5) is 4.45. The molecule has 2 saturated carbocycles. The summed E-state index contributed by atoms with van der Waals surface area (Å²) in [6.07, 6.45) is 16.0. The van der Waals surface area contributed by atoms with E-state index in [2.05, 4.69) is 69.3 Å². The number of nitrogens with zero attached hydrogens (tertiary/aromatic N) is 1. The summed E-state index contributed by atoms with van der Waals surface area (Å²) in [6, 6.07) is 5.08. The number of allylic oxidation sites excluding steroid dienone is 2. The second-order valence-corrected chi connectivity index (χ2v) is 11.9. The summed E-state index contributed by atoms with van der Waals surface area (Å²) in [5.74, 6) is 1.64. The molecule has 1 saturated heterocycles. The van der Waals surface area contributed by atoms with E-state index in [0.717, 1.165) is 11.8 Å². The normalized spacial score (nSPS) is 49.4. The molecule has 2 heteroatoms. The lowest BCUT2D eigenvalue weighted by Crippen LogP contribution is -2.61. The fourth-order valence-electron chi connectivity index (χ4n) is 8.58. The Bertz CT molecular complexity index is 815. The molecule has 1 aliphatic heterocycles. The number of hydrogen-bond donors (Lipinski definition) is 1. The first kappa shape index (κ1) is 19.8. The van der Waals surface area contributed by atoms with Gasteiger partial charge < -0.3 is 5.32 Å². The lowest BCUT2D eigenvalue weighted by molar-refractivity contribution is -0.148. The molecule has 2 heterocycles. The summed E-state index contributed by atoms with van der Waals surface area (Å²) in [5, 5.41) is 4.06. The van der Waals surface area contributed by atoms with Gasteiger partial charge in [0.2, 0.25) is 0 Å². The number of aromatic nitrogens is 1. The van der Waals surface area contributed by atoms with Crippen LogP contribution in [0.25, 0.3) is 5.57 Å². The average molecular weight is 393 g/mol. The number of fused-ring (bicyclic) bond motifs is 5. The van der Waals surface area contributed by atoms with Crippen molar-refractivity contribution < 1.29 is 0 Å². The zero-order valence-corrected chi connectivity index (χ0v) is 19.2. The van der Waals surface area contributed by atoms with Crippen molar-refractivity contribution in [2.75, 3.05) is 6.54 Å². The second kappa shape index (κ2) is 6.42. The first-order valence-corrected chi connectivity index (χ1v) is 12.1. The van der Waals surface area contributed by atoms with E-state index in [1.54, 1.807) is 5.57 Å². The van der Waals surface area contributed by atoms with E-state index in [1.165, 1.54) is 57.1 Å². The molecule has 0 bridgehead atoms. The highest BCUT2D eigenvalue weighted by molar-refractivity contribution is 5.73. The number of pyridine rings is 1. The number of rotatable bonds is 1. The Morgan fingerprint density at radius 1 is 1.00 bits per heavy atom. The molecule has 3 fully saturated rings. The van der Waals surface area contributed by atoms with Gasteiger partial charge in [-0.3, -0.25) is 4.98 Å². The summed E-state index contributed by atoms with van der Waals surface area (Å²) < 4.78 is 0. The van der Waals surface area contributed by atoms with Gasteiger partial charge in [0.1, 0.15) is 0 Å². The molecule has 0 amide bonds.